The van der Waals surface area contributed by atoms with Gasteiger partial charge in [0.05, 0.1) is 12.5 Å². The number of amides is 5. The molecule has 2 rings (SSSR count). The first-order chi connectivity index (χ1) is 19.7. The van der Waals surface area contributed by atoms with Crippen LogP contribution in [0.4, 0.5) is 0 Å². The van der Waals surface area contributed by atoms with E-state index in [0.29, 0.717) is 11.1 Å². The molecule has 0 bridgehead atoms. The molecule has 226 valence electrons. The first-order valence-electron chi connectivity index (χ1n) is 12.8. The van der Waals surface area contributed by atoms with Crippen molar-refractivity contribution < 1.29 is 44.1 Å². The summed E-state index contributed by atoms with van der Waals surface area (Å²) in [7, 11) is 0. The Morgan fingerprint density at radius 2 is 1.07 bits per heavy atom. The summed E-state index contributed by atoms with van der Waals surface area (Å²) >= 11 is 0. The molecule has 0 saturated heterocycles. The normalized spacial score (nSPS) is 13.5. The van der Waals surface area contributed by atoms with Gasteiger partial charge >= 0.3 is 5.97 Å². The number of carbonyl (C=O) groups excluding carboxylic acids is 5. The standard InChI is InChI=1S/C27H34N6O9/c28-18(9-10-22(29)36)24(38)31-19(11-14-1-5-16(34)6-2-14)25(39)32-20(13-23(30)37)26(40)33-21(27(41)42)12-15-3-7-17(35)8-4-15/h1-8,18-21,34-35H,9-13,28H2,(H2,29,36)(H2,30,37)(H,31,38)(H,32,39)(H,33,40)(H,41,42). The van der Waals surface area contributed by atoms with Crippen molar-refractivity contribution in [1.82, 2.24) is 16.0 Å². The summed E-state index contributed by atoms with van der Waals surface area (Å²) in [5, 5.41) is 35.7. The average Bonchev–Trinajstić information content (AvgIpc) is 2.92. The lowest BCUT2D eigenvalue weighted by Crippen LogP contribution is -2.58. The summed E-state index contributed by atoms with van der Waals surface area (Å²) in [6.45, 7) is 0. The molecule has 0 saturated carbocycles. The number of rotatable bonds is 16. The van der Waals surface area contributed by atoms with Crippen LogP contribution in [0.1, 0.15) is 30.4 Å². The lowest BCUT2D eigenvalue weighted by molar-refractivity contribution is -0.142. The second-order valence-electron chi connectivity index (χ2n) is 9.54. The van der Waals surface area contributed by atoms with Crippen molar-refractivity contribution in [2.75, 3.05) is 0 Å². The van der Waals surface area contributed by atoms with Gasteiger partial charge in [0.2, 0.25) is 29.5 Å². The summed E-state index contributed by atoms with van der Waals surface area (Å²) in [6, 6.07) is 5.67. The van der Waals surface area contributed by atoms with E-state index >= 15 is 0 Å². The molecule has 42 heavy (non-hydrogen) atoms. The highest BCUT2D eigenvalue weighted by Crippen LogP contribution is 2.13. The number of aliphatic carboxylic acids is 1. The maximum Gasteiger partial charge on any atom is 0.326 e. The number of phenols is 2. The van der Waals surface area contributed by atoms with Crippen molar-refractivity contribution in [1.29, 1.82) is 0 Å². The fourth-order valence-corrected chi connectivity index (χ4v) is 3.81. The van der Waals surface area contributed by atoms with Gasteiger partial charge in [0.25, 0.3) is 0 Å². The molecule has 4 atom stereocenters. The number of nitrogens with two attached hydrogens (primary N) is 3. The molecule has 5 amide bonds. The van der Waals surface area contributed by atoms with Crippen LogP contribution in [0, 0.1) is 0 Å². The summed E-state index contributed by atoms with van der Waals surface area (Å²) in [4.78, 5) is 73.7. The van der Waals surface area contributed by atoms with Crippen molar-refractivity contribution >= 4 is 35.5 Å². The number of primary amides is 2. The Morgan fingerprint density at radius 1 is 0.643 bits per heavy atom. The summed E-state index contributed by atoms with van der Waals surface area (Å²) < 4.78 is 0. The molecule has 2 aromatic carbocycles. The average molecular weight is 587 g/mol. The Kier molecular flexibility index (Phi) is 12.2. The number of aromatic hydroxyl groups is 2. The molecule has 0 fully saturated rings. The molecule has 4 unspecified atom stereocenters. The minimum absolute atomic E-state index is 0.0401. The van der Waals surface area contributed by atoms with Gasteiger partial charge in [0, 0.05) is 19.3 Å². The molecule has 12 N–H and O–H groups in total. The van der Waals surface area contributed by atoms with Crippen LogP contribution in [-0.4, -0.2) is 75.0 Å². The number of carboxylic acids is 1. The van der Waals surface area contributed by atoms with Crippen molar-refractivity contribution in [3.63, 3.8) is 0 Å². The quantitative estimate of drug-likeness (QED) is 0.103. The zero-order chi connectivity index (χ0) is 31.4. The molecule has 0 aliphatic carbocycles. The molecule has 15 heteroatoms. The molecule has 0 aliphatic rings. The highest BCUT2D eigenvalue weighted by molar-refractivity contribution is 5.96. The highest BCUT2D eigenvalue weighted by Gasteiger charge is 2.31. The second-order valence-corrected chi connectivity index (χ2v) is 9.54. The van der Waals surface area contributed by atoms with Crippen LogP contribution < -0.4 is 33.2 Å². The Bertz CT molecular complexity index is 1280. The molecule has 0 heterocycles. The van der Waals surface area contributed by atoms with Gasteiger partial charge in [-0.15, -0.1) is 0 Å². The van der Waals surface area contributed by atoms with Gasteiger partial charge < -0.3 is 48.5 Å². The Morgan fingerprint density at radius 3 is 1.52 bits per heavy atom. The van der Waals surface area contributed by atoms with Crippen LogP contribution in [0.25, 0.3) is 0 Å². The largest absolute Gasteiger partial charge is 0.508 e. The van der Waals surface area contributed by atoms with E-state index in [2.05, 4.69) is 16.0 Å². The first kappa shape index (κ1) is 33.0. The SMILES string of the molecule is NC(=O)CCC(N)C(=O)NC(Cc1ccc(O)cc1)C(=O)NC(CC(N)=O)C(=O)NC(Cc1ccc(O)cc1)C(=O)O. The molecule has 2 aromatic rings. The van der Waals surface area contributed by atoms with Gasteiger partial charge in [-0.2, -0.15) is 0 Å². The highest BCUT2D eigenvalue weighted by atomic mass is 16.4. The zero-order valence-corrected chi connectivity index (χ0v) is 22.5. The molecule has 0 aliphatic heterocycles. The topological polar surface area (TPSA) is 277 Å². The smallest absolute Gasteiger partial charge is 0.326 e. The van der Waals surface area contributed by atoms with Crippen molar-refractivity contribution in [2.45, 2.75) is 56.3 Å². The van der Waals surface area contributed by atoms with Gasteiger partial charge in [-0.3, -0.25) is 24.0 Å². The van der Waals surface area contributed by atoms with E-state index in [4.69, 9.17) is 17.2 Å². The molecule has 0 radical (unpaired) electrons. The lowest BCUT2D eigenvalue weighted by Gasteiger charge is -2.25. The number of carboxylic acid groups (broad SMARTS) is 1. The van der Waals surface area contributed by atoms with Crippen molar-refractivity contribution in [2.24, 2.45) is 17.2 Å². The van der Waals surface area contributed by atoms with Crippen molar-refractivity contribution in [3.8, 4) is 11.5 Å². The maximum absolute atomic E-state index is 13.3. The fourth-order valence-electron chi connectivity index (χ4n) is 3.81. The Balaban J connectivity index is 2.24. The van der Waals surface area contributed by atoms with E-state index < -0.39 is 66.1 Å². The number of benzene rings is 2. The predicted molar refractivity (Wildman–Crippen MR) is 147 cm³/mol. The van der Waals surface area contributed by atoms with Gasteiger partial charge in [-0.05, 0) is 41.8 Å². The van der Waals surface area contributed by atoms with Crippen LogP contribution in [-0.2, 0) is 41.6 Å². The van der Waals surface area contributed by atoms with Gasteiger partial charge in [0.1, 0.15) is 29.6 Å². The summed E-state index contributed by atoms with van der Waals surface area (Å²) in [6.07, 6.45) is -1.29. The van der Waals surface area contributed by atoms with Gasteiger partial charge in [-0.1, -0.05) is 24.3 Å². The van der Waals surface area contributed by atoms with E-state index in [1.54, 1.807) is 0 Å². The van der Waals surface area contributed by atoms with E-state index in [1.807, 2.05) is 0 Å². The first-order valence-corrected chi connectivity index (χ1v) is 12.8. The molecule has 0 aromatic heterocycles. The third-order valence-corrected chi connectivity index (χ3v) is 6.08. The van der Waals surface area contributed by atoms with Crippen molar-refractivity contribution in [3.05, 3.63) is 59.7 Å². The summed E-state index contributed by atoms with van der Waals surface area (Å²) in [5.41, 5.74) is 17.2. The molecule has 0 spiro atoms. The number of carbonyl (C=O) groups is 6. The van der Waals surface area contributed by atoms with E-state index in [0.717, 1.165) is 0 Å². The minimum atomic E-state index is -1.61. The predicted octanol–water partition coefficient (Wildman–Crippen LogP) is -2.11. The van der Waals surface area contributed by atoms with E-state index in [-0.39, 0.29) is 37.2 Å². The second kappa shape index (κ2) is 15.6. The number of hydrogen-bond acceptors (Lipinski definition) is 9. The number of nitrogens with one attached hydrogen (secondary N) is 3. The molecular weight excluding hydrogens is 552 g/mol. The third kappa shape index (κ3) is 11.1. The molecular formula is C27H34N6O9. The van der Waals surface area contributed by atoms with Crippen LogP contribution in [0.15, 0.2) is 48.5 Å². The number of phenolic OH excluding ortho intramolecular Hbond substituents is 2. The maximum atomic E-state index is 13.3. The van der Waals surface area contributed by atoms with Crippen LogP contribution in [0.2, 0.25) is 0 Å². The van der Waals surface area contributed by atoms with E-state index in [9.17, 15) is 44.1 Å². The Hall–Kier alpha value is -5.18. The van der Waals surface area contributed by atoms with Crippen LogP contribution in [0.3, 0.4) is 0 Å². The van der Waals surface area contributed by atoms with E-state index in [1.165, 1.54) is 48.5 Å². The number of hydrogen-bond donors (Lipinski definition) is 9. The minimum Gasteiger partial charge on any atom is -0.508 e. The molecule has 15 nitrogen and oxygen atoms in total. The summed E-state index contributed by atoms with van der Waals surface area (Å²) in [5.74, 6) is -5.90. The van der Waals surface area contributed by atoms with Gasteiger partial charge in [-0.25, -0.2) is 4.79 Å². The lowest BCUT2D eigenvalue weighted by atomic mass is 10.0. The Labute approximate surface area is 240 Å². The third-order valence-electron chi connectivity index (χ3n) is 6.08. The zero-order valence-electron chi connectivity index (χ0n) is 22.5. The van der Waals surface area contributed by atoms with Crippen LogP contribution in [0.5, 0.6) is 11.5 Å². The monoisotopic (exact) mass is 586 g/mol. The van der Waals surface area contributed by atoms with Crippen LogP contribution >= 0.6 is 0 Å². The fraction of sp³-hybridized carbons (Fsp3) is 0.333. The van der Waals surface area contributed by atoms with Gasteiger partial charge in [0.15, 0.2) is 0 Å².